The zero-order valence-corrected chi connectivity index (χ0v) is 21.8. The Bertz CT molecular complexity index is 854. The molecule has 36 heavy (non-hydrogen) atoms. The van der Waals surface area contributed by atoms with Gasteiger partial charge in [0.25, 0.3) is 0 Å². The SMILES string of the molecule is Oc1ccc(C2CCC3(CC2)OOC2(CCCCC2)OO3)cc1CN1CCC(N2CCCCC2)CC1. The third-order valence-electron chi connectivity index (χ3n) is 9.49. The summed E-state index contributed by atoms with van der Waals surface area (Å²) in [5, 5.41) is 10.6. The van der Waals surface area contributed by atoms with Gasteiger partial charge < -0.3 is 10.0 Å². The molecule has 6 rings (SSSR count). The molecule has 0 atom stereocenters. The molecule has 0 amide bonds. The number of nitrogens with zero attached hydrogens (tertiary/aromatic N) is 2. The van der Waals surface area contributed by atoms with Crippen molar-refractivity contribution in [3.63, 3.8) is 0 Å². The standard InChI is InChI=1S/C29H44N2O5/c32-27-8-7-24(21-25(27)22-30-19-11-26(12-20-30)31-17-5-2-6-18-31)23-9-15-29(16-10-23)35-33-28(34-36-29)13-3-1-4-14-28/h7-8,21,23,26,32H,1-6,9-20,22H2. The maximum atomic E-state index is 10.6. The zero-order valence-electron chi connectivity index (χ0n) is 21.8. The van der Waals surface area contributed by atoms with Gasteiger partial charge in [0.15, 0.2) is 0 Å². The van der Waals surface area contributed by atoms with Gasteiger partial charge >= 0.3 is 0 Å². The van der Waals surface area contributed by atoms with Crippen LogP contribution < -0.4 is 0 Å². The van der Waals surface area contributed by atoms with Crippen molar-refractivity contribution in [1.82, 2.24) is 9.80 Å². The van der Waals surface area contributed by atoms with Gasteiger partial charge in [-0.3, -0.25) is 4.90 Å². The van der Waals surface area contributed by atoms with Crippen LogP contribution in [0.1, 0.15) is 107 Å². The summed E-state index contributed by atoms with van der Waals surface area (Å²) >= 11 is 0. The minimum Gasteiger partial charge on any atom is -0.508 e. The van der Waals surface area contributed by atoms with Gasteiger partial charge in [-0.25, -0.2) is 0 Å². The third-order valence-corrected chi connectivity index (χ3v) is 9.49. The number of phenols is 1. The van der Waals surface area contributed by atoms with E-state index in [4.69, 9.17) is 19.6 Å². The van der Waals surface area contributed by atoms with Crippen molar-refractivity contribution in [2.24, 2.45) is 0 Å². The normalized spacial score (nSPS) is 28.6. The summed E-state index contributed by atoms with van der Waals surface area (Å²) in [4.78, 5) is 28.6. The maximum absolute atomic E-state index is 10.6. The first-order valence-electron chi connectivity index (χ1n) is 14.6. The Balaban J connectivity index is 1.01. The minimum absolute atomic E-state index is 0.419. The van der Waals surface area contributed by atoms with Crippen molar-refractivity contribution < 1.29 is 24.7 Å². The fourth-order valence-electron chi connectivity index (χ4n) is 7.10. The number of hydrogen-bond donors (Lipinski definition) is 1. The summed E-state index contributed by atoms with van der Waals surface area (Å²) in [5.41, 5.74) is 2.36. The van der Waals surface area contributed by atoms with Crippen LogP contribution >= 0.6 is 0 Å². The van der Waals surface area contributed by atoms with Crippen LogP contribution in [0, 0.1) is 0 Å². The quantitative estimate of drug-likeness (QED) is 0.527. The van der Waals surface area contributed by atoms with E-state index in [0.717, 1.165) is 82.6 Å². The van der Waals surface area contributed by atoms with Gasteiger partial charge in [0.1, 0.15) is 5.75 Å². The number of hydrogen-bond acceptors (Lipinski definition) is 7. The van der Waals surface area contributed by atoms with Gasteiger partial charge in [-0.2, -0.15) is 19.6 Å². The zero-order chi connectivity index (χ0) is 24.4. The molecule has 5 fully saturated rings. The highest BCUT2D eigenvalue weighted by Crippen LogP contribution is 2.47. The van der Waals surface area contributed by atoms with Gasteiger partial charge in [-0.15, -0.1) is 0 Å². The average molecular weight is 501 g/mol. The lowest BCUT2D eigenvalue weighted by Gasteiger charge is -2.46. The van der Waals surface area contributed by atoms with Crippen molar-refractivity contribution in [2.75, 3.05) is 26.2 Å². The van der Waals surface area contributed by atoms with E-state index >= 15 is 0 Å². The molecule has 1 aromatic carbocycles. The van der Waals surface area contributed by atoms with Crippen molar-refractivity contribution in [1.29, 1.82) is 0 Å². The maximum Gasteiger partial charge on any atom is 0.234 e. The van der Waals surface area contributed by atoms with E-state index in [0.29, 0.717) is 11.7 Å². The number of aromatic hydroxyl groups is 1. The molecule has 3 saturated heterocycles. The fraction of sp³-hybridized carbons (Fsp3) is 0.793. The van der Waals surface area contributed by atoms with Crippen LogP contribution in [0.4, 0.5) is 0 Å². The third kappa shape index (κ3) is 5.47. The summed E-state index contributed by atoms with van der Waals surface area (Å²) in [5.74, 6) is -0.633. The summed E-state index contributed by atoms with van der Waals surface area (Å²) in [6.45, 7) is 5.63. The predicted octanol–water partition coefficient (Wildman–Crippen LogP) is 5.77. The van der Waals surface area contributed by atoms with Crippen LogP contribution in [0.15, 0.2) is 18.2 Å². The number of rotatable bonds is 4. The number of likely N-dealkylation sites (tertiary alicyclic amines) is 2. The van der Waals surface area contributed by atoms with E-state index in [-0.39, 0.29) is 0 Å². The summed E-state index contributed by atoms with van der Waals surface area (Å²) in [6, 6.07) is 6.97. The Kier molecular flexibility index (Phi) is 7.57. The largest absolute Gasteiger partial charge is 0.508 e. The summed E-state index contributed by atoms with van der Waals surface area (Å²) < 4.78 is 0. The van der Waals surface area contributed by atoms with E-state index in [1.165, 1.54) is 57.2 Å². The molecular weight excluding hydrogens is 456 g/mol. The van der Waals surface area contributed by atoms with Crippen molar-refractivity contribution >= 4 is 0 Å². The first-order chi connectivity index (χ1) is 17.6. The molecule has 1 aromatic rings. The molecule has 0 bridgehead atoms. The molecule has 2 aliphatic carbocycles. The van der Waals surface area contributed by atoms with Crippen molar-refractivity contribution in [2.45, 2.75) is 120 Å². The van der Waals surface area contributed by atoms with Gasteiger partial charge in [0, 0.05) is 43.8 Å². The molecule has 2 saturated carbocycles. The number of benzene rings is 1. The predicted molar refractivity (Wildman–Crippen MR) is 136 cm³/mol. The van der Waals surface area contributed by atoms with E-state index in [9.17, 15) is 5.11 Å². The van der Waals surface area contributed by atoms with Crippen LogP contribution in [-0.4, -0.2) is 58.7 Å². The van der Waals surface area contributed by atoms with Gasteiger partial charge in [-0.05, 0) is 95.1 Å². The Morgan fingerprint density at radius 3 is 2.00 bits per heavy atom. The lowest BCUT2D eigenvalue weighted by Crippen LogP contribution is -2.52. The molecule has 7 nitrogen and oxygen atoms in total. The molecule has 0 radical (unpaired) electrons. The molecule has 0 aromatic heterocycles. The Morgan fingerprint density at radius 2 is 1.33 bits per heavy atom. The minimum atomic E-state index is -0.780. The topological polar surface area (TPSA) is 63.6 Å². The lowest BCUT2D eigenvalue weighted by molar-refractivity contribution is -0.662. The molecule has 3 aliphatic heterocycles. The monoisotopic (exact) mass is 500 g/mol. The molecule has 2 spiro atoms. The van der Waals surface area contributed by atoms with E-state index < -0.39 is 11.6 Å². The van der Waals surface area contributed by atoms with E-state index in [2.05, 4.69) is 21.9 Å². The van der Waals surface area contributed by atoms with Gasteiger partial charge in [0.05, 0.1) is 0 Å². The van der Waals surface area contributed by atoms with E-state index in [1.54, 1.807) is 0 Å². The average Bonchev–Trinajstić information content (AvgIpc) is 2.94. The lowest BCUT2D eigenvalue weighted by atomic mass is 9.80. The fourth-order valence-corrected chi connectivity index (χ4v) is 7.10. The van der Waals surface area contributed by atoms with Crippen molar-refractivity contribution in [3.8, 4) is 5.75 Å². The highest BCUT2D eigenvalue weighted by atomic mass is 17.4. The second-order valence-electron chi connectivity index (χ2n) is 12.0. The molecule has 7 heteroatoms. The number of piperidine rings is 2. The van der Waals surface area contributed by atoms with Crippen LogP contribution in [0.5, 0.6) is 5.75 Å². The molecular formula is C29H44N2O5. The summed E-state index contributed by atoms with van der Waals surface area (Å²) in [6.07, 6.45) is 15.1. The van der Waals surface area contributed by atoms with Gasteiger partial charge in [0.2, 0.25) is 11.6 Å². The second-order valence-corrected chi connectivity index (χ2v) is 12.0. The first kappa shape index (κ1) is 25.1. The first-order valence-corrected chi connectivity index (χ1v) is 14.6. The Morgan fingerprint density at radius 1 is 0.722 bits per heavy atom. The molecule has 5 aliphatic rings. The second kappa shape index (κ2) is 10.9. The number of phenolic OH excluding ortho intramolecular Hbond substituents is 1. The highest BCUT2D eigenvalue weighted by molar-refractivity contribution is 5.38. The van der Waals surface area contributed by atoms with Crippen LogP contribution in [-0.2, 0) is 26.1 Å². The van der Waals surface area contributed by atoms with Crippen LogP contribution in [0.3, 0.4) is 0 Å². The smallest absolute Gasteiger partial charge is 0.234 e. The van der Waals surface area contributed by atoms with Crippen molar-refractivity contribution in [3.05, 3.63) is 29.3 Å². The Labute approximate surface area is 215 Å². The van der Waals surface area contributed by atoms with Gasteiger partial charge in [-0.1, -0.05) is 25.0 Å². The summed E-state index contributed by atoms with van der Waals surface area (Å²) in [7, 11) is 0. The highest BCUT2D eigenvalue weighted by Gasteiger charge is 2.50. The molecule has 0 unspecified atom stereocenters. The Hall–Kier alpha value is -1.22. The molecule has 1 N–H and O–H groups in total. The van der Waals surface area contributed by atoms with Crippen LogP contribution in [0.2, 0.25) is 0 Å². The van der Waals surface area contributed by atoms with Crippen LogP contribution in [0.25, 0.3) is 0 Å². The molecule has 3 heterocycles. The molecule has 200 valence electrons. The van der Waals surface area contributed by atoms with E-state index in [1.807, 2.05) is 6.07 Å².